The van der Waals surface area contributed by atoms with Gasteiger partial charge in [0.2, 0.25) is 0 Å². The quantitative estimate of drug-likeness (QED) is 0.655. The molecule has 0 unspecified atom stereocenters. The molecule has 1 fully saturated rings. The zero-order valence-electron chi connectivity index (χ0n) is 13.6. The molecule has 0 radical (unpaired) electrons. The Hall–Kier alpha value is -2.25. The van der Waals surface area contributed by atoms with Crippen molar-refractivity contribution >= 4 is 23.0 Å². The van der Waals surface area contributed by atoms with Crippen LogP contribution in [0.15, 0.2) is 24.4 Å². The fourth-order valence-corrected chi connectivity index (χ4v) is 3.40. The Balaban J connectivity index is 1.60. The molecule has 3 aromatic rings. The Labute approximate surface area is 144 Å². The van der Waals surface area contributed by atoms with E-state index in [1.807, 2.05) is 19.1 Å². The van der Waals surface area contributed by atoms with Crippen LogP contribution < -0.4 is 5.32 Å². The standard InChI is InChI=1S/C17H19N5OS/c1-9-8-18-17(14-6-5-13(24-14)10(2)23)20-16(9)19-15-7-12(21-22-15)11-3-4-11/h5-8,10-11,23H,3-4H2,1-2H3,(H2,18,19,20,21,22)/t10-/m1/s1. The van der Waals surface area contributed by atoms with Crippen LogP contribution in [0.1, 0.15) is 47.9 Å². The van der Waals surface area contributed by atoms with E-state index in [-0.39, 0.29) is 0 Å². The largest absolute Gasteiger partial charge is 0.388 e. The van der Waals surface area contributed by atoms with Gasteiger partial charge in [-0.05, 0) is 38.8 Å². The second-order valence-electron chi connectivity index (χ2n) is 6.21. The fourth-order valence-electron chi connectivity index (χ4n) is 2.51. The third-order valence-electron chi connectivity index (χ3n) is 4.09. The van der Waals surface area contributed by atoms with Crippen molar-refractivity contribution in [2.45, 2.75) is 38.7 Å². The second-order valence-corrected chi connectivity index (χ2v) is 7.33. The van der Waals surface area contributed by atoms with Crippen molar-refractivity contribution in [1.82, 2.24) is 20.2 Å². The van der Waals surface area contributed by atoms with E-state index in [2.05, 4.69) is 31.5 Å². The molecule has 1 atom stereocenters. The fraction of sp³-hybridized carbons (Fsp3) is 0.353. The monoisotopic (exact) mass is 341 g/mol. The molecule has 0 spiro atoms. The first-order chi connectivity index (χ1) is 11.6. The van der Waals surface area contributed by atoms with Crippen molar-refractivity contribution in [2.24, 2.45) is 0 Å². The zero-order valence-corrected chi connectivity index (χ0v) is 14.4. The minimum atomic E-state index is -0.475. The summed E-state index contributed by atoms with van der Waals surface area (Å²) < 4.78 is 0. The summed E-state index contributed by atoms with van der Waals surface area (Å²) in [7, 11) is 0. The van der Waals surface area contributed by atoms with E-state index < -0.39 is 6.10 Å². The Morgan fingerprint density at radius 3 is 2.92 bits per heavy atom. The van der Waals surface area contributed by atoms with E-state index in [1.165, 1.54) is 29.9 Å². The molecule has 124 valence electrons. The maximum Gasteiger partial charge on any atom is 0.171 e. The number of rotatable bonds is 5. The molecule has 0 saturated heterocycles. The SMILES string of the molecule is Cc1cnc(-c2ccc([C@@H](C)O)s2)nc1Nc1cc(C2CC2)[nH]n1. The molecule has 0 amide bonds. The van der Waals surface area contributed by atoms with Crippen LogP contribution in [0.4, 0.5) is 11.6 Å². The predicted octanol–water partition coefficient (Wildman–Crippen LogP) is 3.91. The van der Waals surface area contributed by atoms with Crippen molar-refractivity contribution in [2.75, 3.05) is 5.32 Å². The zero-order chi connectivity index (χ0) is 16.7. The highest BCUT2D eigenvalue weighted by Gasteiger charge is 2.25. The molecule has 0 bridgehead atoms. The van der Waals surface area contributed by atoms with E-state index in [0.717, 1.165) is 27.0 Å². The average Bonchev–Trinajstić information content (AvgIpc) is 3.10. The van der Waals surface area contributed by atoms with Crippen molar-refractivity contribution in [3.05, 3.63) is 40.5 Å². The molecular weight excluding hydrogens is 322 g/mol. The lowest BCUT2D eigenvalue weighted by Gasteiger charge is -2.07. The van der Waals surface area contributed by atoms with Gasteiger partial charge in [0.15, 0.2) is 11.6 Å². The summed E-state index contributed by atoms with van der Waals surface area (Å²) in [5.74, 6) is 2.82. The maximum atomic E-state index is 9.68. The third-order valence-corrected chi connectivity index (χ3v) is 5.34. The van der Waals surface area contributed by atoms with Crippen LogP contribution in [0.25, 0.3) is 10.7 Å². The van der Waals surface area contributed by atoms with E-state index in [9.17, 15) is 5.11 Å². The Kier molecular flexibility index (Phi) is 3.82. The molecule has 4 rings (SSSR count). The smallest absolute Gasteiger partial charge is 0.171 e. The van der Waals surface area contributed by atoms with Crippen LogP contribution in [0, 0.1) is 6.92 Å². The molecule has 1 saturated carbocycles. The Morgan fingerprint density at radius 2 is 2.21 bits per heavy atom. The molecule has 0 aromatic carbocycles. The number of nitrogens with zero attached hydrogens (tertiary/aromatic N) is 3. The number of H-pyrrole nitrogens is 1. The predicted molar refractivity (Wildman–Crippen MR) is 94.6 cm³/mol. The summed E-state index contributed by atoms with van der Waals surface area (Å²) in [6, 6.07) is 5.91. The molecule has 1 aliphatic rings. The van der Waals surface area contributed by atoms with Gasteiger partial charge in [-0.3, -0.25) is 5.10 Å². The average molecular weight is 341 g/mol. The van der Waals surface area contributed by atoms with Gasteiger partial charge >= 0.3 is 0 Å². The number of nitrogens with one attached hydrogen (secondary N) is 2. The maximum absolute atomic E-state index is 9.68. The van der Waals surface area contributed by atoms with E-state index in [1.54, 1.807) is 13.1 Å². The minimum Gasteiger partial charge on any atom is -0.388 e. The van der Waals surface area contributed by atoms with E-state index in [4.69, 9.17) is 0 Å². The van der Waals surface area contributed by atoms with Gasteiger partial charge in [-0.2, -0.15) is 5.10 Å². The highest BCUT2D eigenvalue weighted by atomic mass is 32.1. The molecule has 7 heteroatoms. The second kappa shape index (κ2) is 5.99. The lowest BCUT2D eigenvalue weighted by atomic mass is 10.3. The first-order valence-corrected chi connectivity index (χ1v) is 8.86. The number of thiophene rings is 1. The summed E-state index contributed by atoms with van der Waals surface area (Å²) >= 11 is 1.51. The summed E-state index contributed by atoms with van der Waals surface area (Å²) in [6.45, 7) is 3.73. The van der Waals surface area contributed by atoms with Crippen molar-refractivity contribution in [3.8, 4) is 10.7 Å². The molecule has 3 heterocycles. The van der Waals surface area contributed by atoms with Gasteiger partial charge in [0, 0.05) is 34.3 Å². The van der Waals surface area contributed by atoms with E-state index >= 15 is 0 Å². The lowest BCUT2D eigenvalue weighted by Crippen LogP contribution is -1.99. The minimum absolute atomic E-state index is 0.475. The van der Waals surface area contributed by atoms with Crippen molar-refractivity contribution < 1.29 is 5.11 Å². The van der Waals surface area contributed by atoms with Crippen LogP contribution in [0.2, 0.25) is 0 Å². The summed E-state index contributed by atoms with van der Waals surface area (Å²) in [6.07, 6.45) is 3.81. The van der Waals surface area contributed by atoms with Gasteiger partial charge in [0.25, 0.3) is 0 Å². The highest BCUT2D eigenvalue weighted by Crippen LogP contribution is 2.39. The Bertz CT molecular complexity index is 866. The normalized spacial score (nSPS) is 15.5. The summed E-state index contributed by atoms with van der Waals surface area (Å²) in [5, 5.41) is 20.4. The molecule has 24 heavy (non-hydrogen) atoms. The number of aryl methyl sites for hydroxylation is 1. The van der Waals surface area contributed by atoms with Crippen LogP contribution in [0.5, 0.6) is 0 Å². The van der Waals surface area contributed by atoms with Gasteiger partial charge in [0.1, 0.15) is 5.82 Å². The number of aromatic amines is 1. The van der Waals surface area contributed by atoms with Gasteiger partial charge in [-0.25, -0.2) is 9.97 Å². The Morgan fingerprint density at radius 1 is 1.38 bits per heavy atom. The van der Waals surface area contributed by atoms with Gasteiger partial charge in [-0.1, -0.05) is 0 Å². The summed E-state index contributed by atoms with van der Waals surface area (Å²) in [5.41, 5.74) is 2.14. The lowest BCUT2D eigenvalue weighted by molar-refractivity contribution is 0.203. The topological polar surface area (TPSA) is 86.7 Å². The van der Waals surface area contributed by atoms with E-state index in [0.29, 0.717) is 11.7 Å². The molecular formula is C17H19N5OS. The van der Waals surface area contributed by atoms with Gasteiger partial charge in [-0.15, -0.1) is 11.3 Å². The van der Waals surface area contributed by atoms with Crippen LogP contribution in [0.3, 0.4) is 0 Å². The number of aromatic nitrogens is 4. The number of hydrogen-bond acceptors (Lipinski definition) is 6. The first kappa shape index (κ1) is 15.3. The molecule has 1 aliphatic carbocycles. The molecule has 3 N–H and O–H groups in total. The number of anilines is 2. The van der Waals surface area contributed by atoms with Crippen LogP contribution >= 0.6 is 11.3 Å². The van der Waals surface area contributed by atoms with Gasteiger partial charge in [0.05, 0.1) is 11.0 Å². The molecule has 3 aromatic heterocycles. The third kappa shape index (κ3) is 3.05. The summed E-state index contributed by atoms with van der Waals surface area (Å²) in [4.78, 5) is 10.9. The van der Waals surface area contributed by atoms with Crippen LogP contribution in [-0.4, -0.2) is 25.3 Å². The van der Waals surface area contributed by atoms with Gasteiger partial charge < -0.3 is 10.4 Å². The van der Waals surface area contributed by atoms with Crippen LogP contribution in [-0.2, 0) is 0 Å². The number of aliphatic hydroxyl groups excluding tert-OH is 1. The molecule has 6 nitrogen and oxygen atoms in total. The number of aliphatic hydroxyl groups is 1. The molecule has 0 aliphatic heterocycles. The first-order valence-electron chi connectivity index (χ1n) is 8.04. The number of hydrogen-bond donors (Lipinski definition) is 3. The van der Waals surface area contributed by atoms with Crippen molar-refractivity contribution in [1.29, 1.82) is 0 Å². The highest BCUT2D eigenvalue weighted by molar-refractivity contribution is 7.15. The van der Waals surface area contributed by atoms with Crippen molar-refractivity contribution in [3.63, 3.8) is 0 Å².